The van der Waals surface area contributed by atoms with E-state index >= 15 is 0 Å². The van der Waals surface area contributed by atoms with Crippen molar-refractivity contribution in [2.75, 3.05) is 5.32 Å². The molecule has 1 fully saturated rings. The van der Waals surface area contributed by atoms with Crippen molar-refractivity contribution in [3.05, 3.63) is 79.0 Å². The number of rotatable bonds is 6. The first-order valence-electron chi connectivity index (χ1n) is 14.0. The van der Waals surface area contributed by atoms with Gasteiger partial charge in [-0.1, -0.05) is 43.5 Å². The summed E-state index contributed by atoms with van der Waals surface area (Å²) in [6, 6.07) is 16.3. The molecule has 4 aromatic heterocycles. The van der Waals surface area contributed by atoms with E-state index in [-0.39, 0.29) is 11.7 Å². The number of carbonyl (C=O) groups is 1. The lowest BCUT2D eigenvalue weighted by molar-refractivity contribution is -0.117. The second kappa shape index (κ2) is 10.6. The Kier molecular flexibility index (Phi) is 6.47. The maximum Gasteiger partial charge on any atom is 0.224 e. The van der Waals surface area contributed by atoms with Gasteiger partial charge in [0, 0.05) is 40.9 Å². The molecule has 0 spiro atoms. The fourth-order valence-corrected chi connectivity index (χ4v) is 5.83. The third-order valence-electron chi connectivity index (χ3n) is 7.89. The molecule has 4 heterocycles. The molecule has 0 aliphatic heterocycles. The number of H-pyrrole nitrogens is 2. The maximum absolute atomic E-state index is 14.6. The van der Waals surface area contributed by atoms with Crippen LogP contribution in [-0.2, 0) is 4.79 Å². The first-order chi connectivity index (χ1) is 20.1. The van der Waals surface area contributed by atoms with E-state index in [0.29, 0.717) is 51.8 Å². The van der Waals surface area contributed by atoms with Crippen LogP contribution < -0.4 is 5.32 Å². The lowest BCUT2D eigenvalue weighted by Gasteiger charge is -2.20. The molecule has 0 bridgehead atoms. The Labute approximate surface area is 235 Å². The largest absolute Gasteiger partial charge is 0.325 e. The van der Waals surface area contributed by atoms with Crippen molar-refractivity contribution in [2.45, 2.75) is 38.5 Å². The molecule has 204 valence electrons. The van der Waals surface area contributed by atoms with Crippen LogP contribution in [0.15, 0.2) is 73.2 Å². The Morgan fingerprint density at radius 1 is 0.976 bits per heavy atom. The number of amides is 1. The first-order valence-corrected chi connectivity index (χ1v) is 14.0. The van der Waals surface area contributed by atoms with Crippen molar-refractivity contribution in [1.29, 1.82) is 0 Å². The summed E-state index contributed by atoms with van der Waals surface area (Å²) >= 11 is 0. The van der Waals surface area contributed by atoms with Gasteiger partial charge in [-0.05, 0) is 54.7 Å². The van der Waals surface area contributed by atoms with Crippen LogP contribution in [0.1, 0.15) is 38.5 Å². The second-order valence-corrected chi connectivity index (χ2v) is 10.7. The lowest BCUT2D eigenvalue weighted by atomic mass is 9.87. The number of benzene rings is 2. The van der Waals surface area contributed by atoms with Crippen LogP contribution in [0.2, 0.25) is 0 Å². The third-order valence-corrected chi connectivity index (χ3v) is 7.89. The van der Waals surface area contributed by atoms with E-state index in [4.69, 9.17) is 4.98 Å². The van der Waals surface area contributed by atoms with E-state index in [1.165, 1.54) is 25.3 Å². The number of fused-ring (bicyclic) bond motifs is 2. The summed E-state index contributed by atoms with van der Waals surface area (Å²) in [4.78, 5) is 29.5. The van der Waals surface area contributed by atoms with E-state index in [2.05, 4.69) is 30.5 Å². The average Bonchev–Trinajstić information content (AvgIpc) is 3.62. The van der Waals surface area contributed by atoms with Gasteiger partial charge in [-0.3, -0.25) is 14.9 Å². The van der Waals surface area contributed by atoms with E-state index in [1.807, 2.05) is 24.3 Å². The fourth-order valence-electron chi connectivity index (χ4n) is 5.83. The number of aromatic nitrogens is 6. The Hall–Kier alpha value is -4.92. The van der Waals surface area contributed by atoms with Gasteiger partial charge in [0.05, 0.1) is 17.4 Å². The van der Waals surface area contributed by atoms with Crippen LogP contribution in [0.4, 0.5) is 10.1 Å². The minimum Gasteiger partial charge on any atom is -0.325 e. The van der Waals surface area contributed by atoms with Crippen LogP contribution >= 0.6 is 0 Å². The average molecular weight is 546 g/mol. The highest BCUT2D eigenvalue weighted by atomic mass is 19.1. The normalized spacial score (nSPS) is 14.1. The highest BCUT2D eigenvalue weighted by Gasteiger charge is 2.19. The van der Waals surface area contributed by atoms with Gasteiger partial charge in [0.15, 0.2) is 11.5 Å². The van der Waals surface area contributed by atoms with Gasteiger partial charge in [0.25, 0.3) is 0 Å². The molecule has 6 aromatic rings. The third kappa shape index (κ3) is 4.95. The number of hydrogen-bond donors (Lipinski definition) is 3. The van der Waals surface area contributed by atoms with Crippen molar-refractivity contribution in [1.82, 2.24) is 30.1 Å². The summed E-state index contributed by atoms with van der Waals surface area (Å²) < 4.78 is 14.6. The second-order valence-electron chi connectivity index (χ2n) is 10.7. The monoisotopic (exact) mass is 545 g/mol. The molecule has 0 saturated heterocycles. The van der Waals surface area contributed by atoms with Crippen molar-refractivity contribution < 1.29 is 9.18 Å². The van der Waals surface area contributed by atoms with Crippen molar-refractivity contribution >= 4 is 33.7 Å². The standard InChI is InChI=1S/C32H28FN7O/c33-26-9-5-4-8-23(26)24-12-13-35-31-29(24)37-32(38-31)30-25-16-20(10-11-27(25)39-40-30)21-15-22(18-34-17-21)36-28(41)14-19-6-2-1-3-7-19/h4-5,8-13,15-19H,1-3,6-7,14H2,(H,36,41)(H,39,40)(H,35,37,38). The molecule has 1 amide bonds. The molecule has 0 atom stereocenters. The molecule has 7 rings (SSSR count). The molecular weight excluding hydrogens is 517 g/mol. The highest BCUT2D eigenvalue weighted by Crippen LogP contribution is 2.34. The maximum atomic E-state index is 14.6. The number of hydrogen-bond acceptors (Lipinski definition) is 5. The van der Waals surface area contributed by atoms with Gasteiger partial charge in [-0.25, -0.2) is 14.4 Å². The number of nitrogens with zero attached hydrogens (tertiary/aromatic N) is 4. The van der Waals surface area contributed by atoms with Crippen LogP contribution in [0, 0.1) is 11.7 Å². The number of pyridine rings is 2. The van der Waals surface area contributed by atoms with Crippen LogP contribution in [0.3, 0.4) is 0 Å². The molecule has 3 N–H and O–H groups in total. The molecule has 0 unspecified atom stereocenters. The quantitative estimate of drug-likeness (QED) is 0.204. The fraction of sp³-hybridized carbons (Fsp3) is 0.219. The summed E-state index contributed by atoms with van der Waals surface area (Å²) in [6.45, 7) is 0. The summed E-state index contributed by atoms with van der Waals surface area (Å²) in [6.07, 6.45) is 11.6. The molecule has 41 heavy (non-hydrogen) atoms. The van der Waals surface area contributed by atoms with Gasteiger partial charge in [-0.15, -0.1) is 0 Å². The topological polar surface area (TPSA) is 112 Å². The predicted molar refractivity (Wildman–Crippen MR) is 157 cm³/mol. The van der Waals surface area contributed by atoms with Gasteiger partial charge in [0.1, 0.15) is 17.0 Å². The van der Waals surface area contributed by atoms with E-state index in [9.17, 15) is 9.18 Å². The number of aromatic amines is 2. The van der Waals surface area contributed by atoms with E-state index < -0.39 is 0 Å². The molecule has 8 nitrogen and oxygen atoms in total. The Bertz CT molecular complexity index is 1890. The molecule has 1 aliphatic carbocycles. The Morgan fingerprint density at radius 3 is 2.73 bits per heavy atom. The van der Waals surface area contributed by atoms with Crippen LogP contribution in [-0.4, -0.2) is 36.0 Å². The zero-order valence-corrected chi connectivity index (χ0v) is 22.3. The van der Waals surface area contributed by atoms with Crippen molar-refractivity contribution in [3.8, 4) is 33.8 Å². The van der Waals surface area contributed by atoms with E-state index in [0.717, 1.165) is 34.9 Å². The first kappa shape index (κ1) is 25.1. The minimum absolute atomic E-state index is 0.0386. The molecule has 1 saturated carbocycles. The SMILES string of the molecule is O=C(CC1CCCCC1)Nc1cncc(-c2ccc3[nH]nc(-c4nc5c(-c6ccccc6F)ccnc5[nH]4)c3c2)c1. The van der Waals surface area contributed by atoms with Gasteiger partial charge in [-0.2, -0.15) is 5.10 Å². The summed E-state index contributed by atoms with van der Waals surface area (Å²) in [5.41, 5.74) is 6.20. The number of carbonyl (C=O) groups excluding carboxylic acids is 1. The molecule has 2 aromatic carbocycles. The number of anilines is 1. The van der Waals surface area contributed by atoms with Crippen LogP contribution in [0.5, 0.6) is 0 Å². The summed E-state index contributed by atoms with van der Waals surface area (Å²) in [7, 11) is 0. The number of imidazole rings is 1. The predicted octanol–water partition coefficient (Wildman–Crippen LogP) is 7.28. The molecular formula is C32H28FN7O. The number of halogens is 1. The molecule has 1 aliphatic rings. The summed E-state index contributed by atoms with van der Waals surface area (Å²) in [5, 5.41) is 11.5. The Morgan fingerprint density at radius 2 is 1.85 bits per heavy atom. The van der Waals surface area contributed by atoms with E-state index in [1.54, 1.807) is 42.9 Å². The van der Waals surface area contributed by atoms with Crippen molar-refractivity contribution in [3.63, 3.8) is 0 Å². The minimum atomic E-state index is -0.319. The zero-order valence-electron chi connectivity index (χ0n) is 22.3. The van der Waals surface area contributed by atoms with Gasteiger partial charge >= 0.3 is 0 Å². The highest BCUT2D eigenvalue weighted by molar-refractivity contribution is 5.98. The van der Waals surface area contributed by atoms with Gasteiger partial charge < -0.3 is 10.3 Å². The summed E-state index contributed by atoms with van der Waals surface area (Å²) in [5.74, 6) is 0.719. The van der Waals surface area contributed by atoms with Crippen molar-refractivity contribution in [2.24, 2.45) is 5.92 Å². The molecule has 0 radical (unpaired) electrons. The lowest BCUT2D eigenvalue weighted by Crippen LogP contribution is -2.18. The van der Waals surface area contributed by atoms with Gasteiger partial charge in [0.2, 0.25) is 5.91 Å². The number of nitrogens with one attached hydrogen (secondary N) is 3. The zero-order chi connectivity index (χ0) is 27.8. The Balaban J connectivity index is 1.20. The molecule has 9 heteroatoms. The van der Waals surface area contributed by atoms with Crippen LogP contribution in [0.25, 0.3) is 55.8 Å². The smallest absolute Gasteiger partial charge is 0.224 e.